The fourth-order valence-corrected chi connectivity index (χ4v) is 3.88. The average Bonchev–Trinajstić information content (AvgIpc) is 3.38. The zero-order chi connectivity index (χ0) is 18.7. The minimum atomic E-state index is 0.589. The van der Waals surface area contributed by atoms with Crippen LogP contribution in [0.4, 0.5) is 0 Å². The lowest BCUT2D eigenvalue weighted by Gasteiger charge is -2.25. The third-order valence-electron chi connectivity index (χ3n) is 4.51. The number of rotatable bonds is 9. The quantitative estimate of drug-likeness (QED) is 0.309. The van der Waals surface area contributed by atoms with Crippen LogP contribution in [0.5, 0.6) is 0 Å². The van der Waals surface area contributed by atoms with Crippen molar-refractivity contribution in [2.75, 3.05) is 45.6 Å². The van der Waals surface area contributed by atoms with Crippen LogP contribution in [0.15, 0.2) is 63.0 Å². The molecule has 1 saturated heterocycles. The zero-order valence-electron chi connectivity index (χ0n) is 16.0. The van der Waals surface area contributed by atoms with E-state index in [1.165, 1.54) is 4.90 Å². The van der Waals surface area contributed by atoms with Gasteiger partial charge in [0.2, 0.25) is 0 Å². The lowest BCUT2D eigenvalue weighted by Crippen LogP contribution is -2.42. The first-order valence-corrected chi connectivity index (χ1v) is 10.6. The summed E-state index contributed by atoms with van der Waals surface area (Å²) in [7, 11) is 2.11. The molecule has 2 heterocycles. The summed E-state index contributed by atoms with van der Waals surface area (Å²) in [5, 5.41) is 3.53. The van der Waals surface area contributed by atoms with E-state index in [9.17, 15) is 0 Å². The van der Waals surface area contributed by atoms with Gasteiger partial charge in [0.05, 0.1) is 12.9 Å². The number of nitrogens with zero attached hydrogens (tertiary/aromatic N) is 2. The van der Waals surface area contributed by atoms with Gasteiger partial charge in [-0.15, -0.1) is 11.8 Å². The van der Waals surface area contributed by atoms with Crippen molar-refractivity contribution in [1.82, 2.24) is 10.2 Å². The maximum atomic E-state index is 5.51. The van der Waals surface area contributed by atoms with Crippen LogP contribution in [0.25, 0.3) is 0 Å². The van der Waals surface area contributed by atoms with Crippen molar-refractivity contribution >= 4 is 17.7 Å². The van der Waals surface area contributed by atoms with Crippen LogP contribution < -0.4 is 5.32 Å². The van der Waals surface area contributed by atoms with Crippen molar-refractivity contribution in [2.45, 2.75) is 17.7 Å². The van der Waals surface area contributed by atoms with E-state index in [0.717, 1.165) is 56.6 Å². The molecule has 1 unspecified atom stereocenters. The minimum absolute atomic E-state index is 0.589. The van der Waals surface area contributed by atoms with Gasteiger partial charge in [0.15, 0.2) is 5.96 Å². The molecular formula is C21H29N3O2S. The van der Waals surface area contributed by atoms with Gasteiger partial charge < -0.3 is 19.4 Å². The monoisotopic (exact) mass is 387 g/mol. The van der Waals surface area contributed by atoms with Crippen molar-refractivity contribution in [3.05, 3.63) is 54.5 Å². The molecule has 146 valence electrons. The summed E-state index contributed by atoms with van der Waals surface area (Å²) in [6.07, 6.45) is 3.66. The number of hydrogen-bond donors (Lipinski definition) is 1. The van der Waals surface area contributed by atoms with Gasteiger partial charge in [-0.05, 0) is 30.7 Å². The van der Waals surface area contributed by atoms with Gasteiger partial charge in [0, 0.05) is 56.3 Å². The fraction of sp³-hybridized carbons (Fsp3) is 0.476. The smallest absolute Gasteiger partial charge is 0.193 e. The number of thioether (sulfide) groups is 1. The fourth-order valence-electron chi connectivity index (χ4n) is 3.09. The third kappa shape index (κ3) is 6.96. The van der Waals surface area contributed by atoms with Crippen LogP contribution in [0.3, 0.4) is 0 Å². The summed E-state index contributed by atoms with van der Waals surface area (Å²) in [5.74, 6) is 3.53. The predicted molar refractivity (Wildman–Crippen MR) is 111 cm³/mol. The van der Waals surface area contributed by atoms with Crippen molar-refractivity contribution in [3.63, 3.8) is 0 Å². The summed E-state index contributed by atoms with van der Waals surface area (Å²) >= 11 is 1.86. The molecule has 0 spiro atoms. The summed E-state index contributed by atoms with van der Waals surface area (Å²) in [6, 6.07) is 14.4. The summed E-state index contributed by atoms with van der Waals surface area (Å²) in [6.45, 7) is 4.30. The number of ether oxygens (including phenoxy) is 1. The standard InChI is InChI=1S/C21H29N3O2S/c1-24(16-18-10-14-25-17-18)21(22-11-9-19-6-5-13-26-19)23-12-15-27-20-7-3-2-4-8-20/h2-8,13,18H,9-12,14-17H2,1H3,(H,22,23). The third-order valence-corrected chi connectivity index (χ3v) is 5.53. The van der Waals surface area contributed by atoms with Crippen molar-refractivity contribution in [3.8, 4) is 0 Å². The van der Waals surface area contributed by atoms with Gasteiger partial charge in [-0.1, -0.05) is 18.2 Å². The largest absolute Gasteiger partial charge is 0.469 e. The first kappa shape index (κ1) is 19.8. The highest BCUT2D eigenvalue weighted by Gasteiger charge is 2.19. The van der Waals surface area contributed by atoms with Crippen LogP contribution in [-0.2, 0) is 11.2 Å². The van der Waals surface area contributed by atoms with Crippen LogP contribution in [0.1, 0.15) is 12.2 Å². The van der Waals surface area contributed by atoms with E-state index in [2.05, 4.69) is 41.5 Å². The zero-order valence-corrected chi connectivity index (χ0v) is 16.8. The van der Waals surface area contributed by atoms with Crippen LogP contribution in [0, 0.1) is 5.92 Å². The van der Waals surface area contributed by atoms with Gasteiger partial charge >= 0.3 is 0 Å². The maximum absolute atomic E-state index is 5.51. The lowest BCUT2D eigenvalue weighted by atomic mass is 10.1. The van der Waals surface area contributed by atoms with Gasteiger partial charge in [-0.2, -0.15) is 0 Å². The molecule has 1 atom stereocenters. The molecule has 1 aliphatic rings. The normalized spacial score (nSPS) is 17.2. The molecule has 0 saturated carbocycles. The van der Waals surface area contributed by atoms with Gasteiger partial charge in [0.1, 0.15) is 5.76 Å². The van der Waals surface area contributed by atoms with E-state index in [1.807, 2.05) is 30.0 Å². The van der Waals surface area contributed by atoms with E-state index in [0.29, 0.717) is 12.5 Å². The molecule has 5 nitrogen and oxygen atoms in total. The number of aliphatic imine (C=N–C) groups is 1. The number of hydrogen-bond acceptors (Lipinski definition) is 4. The summed E-state index contributed by atoms with van der Waals surface area (Å²) in [4.78, 5) is 8.34. The predicted octanol–water partition coefficient (Wildman–Crippen LogP) is 3.53. The molecule has 6 heteroatoms. The van der Waals surface area contributed by atoms with Crippen molar-refractivity contribution in [1.29, 1.82) is 0 Å². The molecule has 27 heavy (non-hydrogen) atoms. The molecule has 0 amide bonds. The highest BCUT2D eigenvalue weighted by atomic mass is 32.2. The second-order valence-corrected chi connectivity index (χ2v) is 7.90. The van der Waals surface area contributed by atoms with Gasteiger partial charge in [-0.3, -0.25) is 4.99 Å². The average molecular weight is 388 g/mol. The summed E-state index contributed by atoms with van der Waals surface area (Å²) < 4.78 is 10.9. The lowest BCUT2D eigenvalue weighted by molar-refractivity contribution is 0.181. The Bertz CT molecular complexity index is 670. The Kier molecular flexibility index (Phi) is 8.11. The Hall–Kier alpha value is -1.92. The topological polar surface area (TPSA) is 50.0 Å². The highest BCUT2D eigenvalue weighted by molar-refractivity contribution is 7.99. The van der Waals surface area contributed by atoms with E-state index in [1.54, 1.807) is 6.26 Å². The summed E-state index contributed by atoms with van der Waals surface area (Å²) in [5.41, 5.74) is 0. The molecular weight excluding hydrogens is 358 g/mol. The Labute approximate surface area is 166 Å². The second-order valence-electron chi connectivity index (χ2n) is 6.73. The molecule has 3 rings (SSSR count). The van der Waals surface area contributed by atoms with Gasteiger partial charge in [-0.25, -0.2) is 0 Å². The molecule has 1 aliphatic heterocycles. The SMILES string of the molecule is CN(CC1CCOC1)C(=NCCc1ccco1)NCCSc1ccccc1. The Morgan fingerprint density at radius 3 is 2.89 bits per heavy atom. The van der Waals surface area contributed by atoms with E-state index in [4.69, 9.17) is 14.1 Å². The minimum Gasteiger partial charge on any atom is -0.469 e. The van der Waals surface area contributed by atoms with E-state index in [-0.39, 0.29) is 0 Å². The maximum Gasteiger partial charge on any atom is 0.193 e. The number of furan rings is 1. The Morgan fingerprint density at radius 2 is 2.15 bits per heavy atom. The Morgan fingerprint density at radius 1 is 1.26 bits per heavy atom. The van der Waals surface area contributed by atoms with Crippen LogP contribution in [-0.4, -0.2) is 56.5 Å². The van der Waals surface area contributed by atoms with Crippen LogP contribution >= 0.6 is 11.8 Å². The highest BCUT2D eigenvalue weighted by Crippen LogP contribution is 2.16. The number of benzene rings is 1. The molecule has 2 aromatic rings. The molecule has 0 aliphatic carbocycles. The number of nitrogens with one attached hydrogen (secondary N) is 1. The van der Waals surface area contributed by atoms with Gasteiger partial charge in [0.25, 0.3) is 0 Å². The molecule has 0 bridgehead atoms. The Balaban J connectivity index is 1.49. The van der Waals surface area contributed by atoms with E-state index >= 15 is 0 Å². The first-order chi connectivity index (χ1) is 13.3. The molecule has 1 aromatic carbocycles. The molecule has 1 fully saturated rings. The van der Waals surface area contributed by atoms with Crippen molar-refractivity contribution < 1.29 is 9.15 Å². The number of guanidine groups is 1. The molecule has 1 aromatic heterocycles. The second kappa shape index (κ2) is 11.0. The van der Waals surface area contributed by atoms with E-state index < -0.39 is 0 Å². The first-order valence-electron chi connectivity index (χ1n) is 9.58. The van der Waals surface area contributed by atoms with Crippen molar-refractivity contribution in [2.24, 2.45) is 10.9 Å². The molecule has 1 N–H and O–H groups in total. The molecule has 0 radical (unpaired) electrons. The van der Waals surface area contributed by atoms with Crippen LogP contribution in [0.2, 0.25) is 0 Å².